The van der Waals surface area contributed by atoms with E-state index >= 15 is 0 Å². The van der Waals surface area contributed by atoms with Crippen LogP contribution in [0.4, 0.5) is 5.82 Å². The van der Waals surface area contributed by atoms with Gasteiger partial charge in [0, 0.05) is 17.8 Å². The van der Waals surface area contributed by atoms with Gasteiger partial charge < -0.3 is 9.73 Å². The fourth-order valence-corrected chi connectivity index (χ4v) is 3.03. The van der Waals surface area contributed by atoms with Crippen LogP contribution in [0.5, 0.6) is 0 Å². The number of H-pyrrole nitrogens is 1. The molecule has 0 aliphatic rings. The molecule has 1 amide bonds. The van der Waals surface area contributed by atoms with Crippen LogP contribution in [0.2, 0.25) is 0 Å². The number of amides is 1. The number of benzene rings is 1. The van der Waals surface area contributed by atoms with Crippen LogP contribution < -0.4 is 10.9 Å². The van der Waals surface area contributed by atoms with Crippen molar-refractivity contribution in [2.45, 2.75) is 20.3 Å². The number of furan rings is 1. The number of nitrogens with zero attached hydrogens (tertiary/aromatic N) is 3. The van der Waals surface area contributed by atoms with Crippen molar-refractivity contribution in [3.8, 4) is 17.4 Å². The molecule has 0 saturated carbocycles. The molecule has 0 aliphatic heterocycles. The molecule has 0 saturated heterocycles. The smallest absolute Gasteiger partial charge is 0.252 e. The summed E-state index contributed by atoms with van der Waals surface area (Å²) in [5.41, 5.74) is 2.73. The Kier molecular flexibility index (Phi) is 4.82. The minimum Gasteiger partial charge on any atom is -0.463 e. The molecule has 8 nitrogen and oxygen atoms in total. The molecule has 0 bridgehead atoms. The second-order valence-corrected chi connectivity index (χ2v) is 6.73. The minimum absolute atomic E-state index is 0.207. The Balaban J connectivity index is 1.69. The van der Waals surface area contributed by atoms with Gasteiger partial charge in [-0.1, -0.05) is 29.8 Å². The van der Waals surface area contributed by atoms with Gasteiger partial charge in [0.2, 0.25) is 11.9 Å². The van der Waals surface area contributed by atoms with Gasteiger partial charge in [0.05, 0.1) is 12.7 Å². The lowest BCUT2D eigenvalue weighted by Crippen LogP contribution is -2.20. The molecule has 8 heteroatoms. The molecular weight excluding hydrogens is 370 g/mol. The Morgan fingerprint density at radius 1 is 1.17 bits per heavy atom. The third kappa shape index (κ3) is 4.16. The van der Waals surface area contributed by atoms with Gasteiger partial charge in [-0.15, -0.1) is 0 Å². The van der Waals surface area contributed by atoms with Gasteiger partial charge >= 0.3 is 0 Å². The molecule has 3 heterocycles. The van der Waals surface area contributed by atoms with Crippen molar-refractivity contribution < 1.29 is 9.21 Å². The third-order valence-corrected chi connectivity index (χ3v) is 4.26. The van der Waals surface area contributed by atoms with Crippen molar-refractivity contribution in [1.29, 1.82) is 0 Å². The lowest BCUT2D eigenvalue weighted by molar-refractivity contribution is -0.115. The van der Waals surface area contributed by atoms with Gasteiger partial charge in [0.1, 0.15) is 11.5 Å². The van der Waals surface area contributed by atoms with E-state index in [4.69, 9.17) is 4.42 Å². The normalized spacial score (nSPS) is 10.8. The highest BCUT2D eigenvalue weighted by Gasteiger charge is 2.17. The molecule has 29 heavy (non-hydrogen) atoms. The van der Waals surface area contributed by atoms with Crippen LogP contribution in [0.15, 0.2) is 64.0 Å². The van der Waals surface area contributed by atoms with Gasteiger partial charge in [0.25, 0.3) is 5.56 Å². The second-order valence-electron chi connectivity index (χ2n) is 6.73. The number of aromatic amines is 1. The van der Waals surface area contributed by atoms with E-state index in [1.807, 2.05) is 31.2 Å². The van der Waals surface area contributed by atoms with E-state index < -0.39 is 0 Å². The number of nitrogens with one attached hydrogen (secondary N) is 2. The number of anilines is 1. The van der Waals surface area contributed by atoms with Crippen molar-refractivity contribution in [1.82, 2.24) is 19.7 Å². The van der Waals surface area contributed by atoms with Crippen molar-refractivity contribution in [3.63, 3.8) is 0 Å². The Hall–Kier alpha value is -3.94. The summed E-state index contributed by atoms with van der Waals surface area (Å²) >= 11 is 0. The van der Waals surface area contributed by atoms with Crippen molar-refractivity contribution in [2.75, 3.05) is 5.32 Å². The predicted molar refractivity (Wildman–Crippen MR) is 108 cm³/mol. The highest BCUT2D eigenvalue weighted by Crippen LogP contribution is 2.24. The zero-order valence-electron chi connectivity index (χ0n) is 16.0. The van der Waals surface area contributed by atoms with E-state index in [9.17, 15) is 9.59 Å². The van der Waals surface area contributed by atoms with Gasteiger partial charge in [-0.3, -0.25) is 14.6 Å². The molecule has 0 fully saturated rings. The summed E-state index contributed by atoms with van der Waals surface area (Å²) in [5, 5.41) is 7.31. The van der Waals surface area contributed by atoms with Crippen LogP contribution in [-0.2, 0) is 11.2 Å². The summed E-state index contributed by atoms with van der Waals surface area (Å²) in [6.07, 6.45) is 1.75. The standard InChI is InChI=1S/C21H19N5O3/c1-13-5-3-6-15(9-13)11-20(28)23-18-12-16(17-7-4-8-29-17)25-26(18)21-22-14(2)10-19(27)24-21/h3-10,12H,11H2,1-2H3,(H,23,28)(H,22,24,27). The summed E-state index contributed by atoms with van der Waals surface area (Å²) in [7, 11) is 0. The summed E-state index contributed by atoms with van der Waals surface area (Å²) in [6, 6.07) is 14.3. The number of hydrogen-bond acceptors (Lipinski definition) is 5. The molecule has 4 rings (SSSR count). The molecule has 146 valence electrons. The quantitative estimate of drug-likeness (QED) is 0.546. The van der Waals surface area contributed by atoms with Crippen LogP contribution in [0.1, 0.15) is 16.8 Å². The van der Waals surface area contributed by atoms with Crippen molar-refractivity contribution >= 4 is 11.7 Å². The van der Waals surface area contributed by atoms with Crippen LogP contribution >= 0.6 is 0 Å². The van der Waals surface area contributed by atoms with Crippen LogP contribution in [-0.4, -0.2) is 25.7 Å². The maximum absolute atomic E-state index is 12.6. The van der Waals surface area contributed by atoms with Gasteiger partial charge in [0.15, 0.2) is 5.76 Å². The molecular formula is C21H19N5O3. The van der Waals surface area contributed by atoms with E-state index in [0.717, 1.165) is 11.1 Å². The van der Waals surface area contributed by atoms with E-state index in [1.165, 1.54) is 17.0 Å². The van der Waals surface area contributed by atoms with Crippen LogP contribution in [0, 0.1) is 13.8 Å². The molecule has 0 unspecified atom stereocenters. The fourth-order valence-electron chi connectivity index (χ4n) is 3.03. The zero-order chi connectivity index (χ0) is 20.4. The Labute approximate surface area is 166 Å². The molecule has 4 aromatic rings. The van der Waals surface area contributed by atoms with Gasteiger partial charge in [-0.05, 0) is 31.5 Å². The summed E-state index contributed by atoms with van der Waals surface area (Å²) < 4.78 is 6.79. The third-order valence-electron chi connectivity index (χ3n) is 4.26. The van der Waals surface area contributed by atoms with Crippen molar-refractivity contribution in [2.24, 2.45) is 0 Å². The predicted octanol–water partition coefficient (Wildman–Crippen LogP) is 3.01. The zero-order valence-corrected chi connectivity index (χ0v) is 16.0. The largest absolute Gasteiger partial charge is 0.463 e. The van der Waals surface area contributed by atoms with E-state index in [1.54, 1.807) is 25.1 Å². The average Bonchev–Trinajstić information content (AvgIpc) is 3.30. The topological polar surface area (TPSA) is 106 Å². The first-order valence-corrected chi connectivity index (χ1v) is 9.05. The summed E-state index contributed by atoms with van der Waals surface area (Å²) in [6.45, 7) is 3.69. The lowest BCUT2D eigenvalue weighted by Gasteiger charge is -2.08. The second kappa shape index (κ2) is 7.59. The number of hydrogen-bond donors (Lipinski definition) is 2. The number of aryl methyl sites for hydroxylation is 2. The number of carbonyl (C=O) groups is 1. The van der Waals surface area contributed by atoms with Crippen LogP contribution in [0.3, 0.4) is 0 Å². The molecule has 2 N–H and O–H groups in total. The number of carbonyl (C=O) groups excluding carboxylic acids is 1. The molecule has 0 radical (unpaired) electrons. The SMILES string of the molecule is Cc1cccc(CC(=O)Nc2cc(-c3ccco3)nn2-c2nc(C)cc(=O)[nH]2)c1. The highest BCUT2D eigenvalue weighted by molar-refractivity contribution is 5.92. The maximum atomic E-state index is 12.6. The van der Waals surface area contributed by atoms with Gasteiger partial charge in [-0.2, -0.15) is 9.78 Å². The highest BCUT2D eigenvalue weighted by atomic mass is 16.3. The maximum Gasteiger partial charge on any atom is 0.252 e. The van der Waals surface area contributed by atoms with E-state index in [0.29, 0.717) is 23.0 Å². The lowest BCUT2D eigenvalue weighted by atomic mass is 10.1. The Morgan fingerprint density at radius 3 is 2.76 bits per heavy atom. The average molecular weight is 389 g/mol. The number of aromatic nitrogens is 4. The van der Waals surface area contributed by atoms with E-state index in [-0.39, 0.29) is 23.8 Å². The van der Waals surface area contributed by atoms with Gasteiger partial charge in [-0.25, -0.2) is 4.98 Å². The molecule has 0 aliphatic carbocycles. The Morgan fingerprint density at radius 2 is 2.03 bits per heavy atom. The monoisotopic (exact) mass is 389 g/mol. The van der Waals surface area contributed by atoms with Crippen LogP contribution in [0.25, 0.3) is 17.4 Å². The fraction of sp³-hybridized carbons (Fsp3) is 0.143. The van der Waals surface area contributed by atoms with E-state index in [2.05, 4.69) is 20.4 Å². The van der Waals surface area contributed by atoms with Crippen molar-refractivity contribution in [3.05, 3.63) is 82.0 Å². The summed E-state index contributed by atoms with van der Waals surface area (Å²) in [4.78, 5) is 31.5. The first-order valence-electron chi connectivity index (χ1n) is 9.05. The Bertz CT molecular complexity index is 1220. The first-order chi connectivity index (χ1) is 14.0. The molecule has 0 spiro atoms. The molecule has 1 aromatic carbocycles. The number of rotatable bonds is 5. The minimum atomic E-state index is -0.306. The molecule has 3 aromatic heterocycles. The molecule has 0 atom stereocenters. The summed E-state index contributed by atoms with van der Waals surface area (Å²) in [5.74, 6) is 0.909. The first kappa shape index (κ1) is 18.4.